The van der Waals surface area contributed by atoms with Crippen LogP contribution in [0.3, 0.4) is 0 Å². The van der Waals surface area contributed by atoms with Gasteiger partial charge < -0.3 is 9.63 Å². The Labute approximate surface area is 112 Å². The molecule has 104 valence electrons. The Bertz CT molecular complexity index is 471. The van der Waals surface area contributed by atoms with Gasteiger partial charge in [0.1, 0.15) is 0 Å². The smallest absolute Gasteiger partial charge is 0.358 e. The molecule has 0 aromatic carbocycles. The first kappa shape index (κ1) is 12.7. The Balaban J connectivity index is 1.53. The topological polar surface area (TPSA) is 66.6 Å². The lowest BCUT2D eigenvalue weighted by molar-refractivity contribution is 0.0685. The third-order valence-electron chi connectivity index (χ3n) is 4.63. The van der Waals surface area contributed by atoms with E-state index in [-0.39, 0.29) is 5.69 Å². The summed E-state index contributed by atoms with van der Waals surface area (Å²) in [6, 6.07) is 1.51. The fourth-order valence-electron chi connectivity index (χ4n) is 3.82. The van der Waals surface area contributed by atoms with Crippen molar-refractivity contribution in [3.05, 3.63) is 17.5 Å². The third kappa shape index (κ3) is 2.66. The van der Waals surface area contributed by atoms with Crippen molar-refractivity contribution < 1.29 is 14.4 Å². The number of carboxylic acids is 1. The van der Waals surface area contributed by atoms with Crippen molar-refractivity contribution in [2.24, 2.45) is 17.8 Å². The molecule has 5 heteroatoms. The van der Waals surface area contributed by atoms with Gasteiger partial charge in [-0.05, 0) is 44.1 Å². The first-order valence-corrected chi connectivity index (χ1v) is 6.99. The van der Waals surface area contributed by atoms with E-state index in [1.54, 1.807) is 0 Å². The standard InChI is InChI=1S/C14H20N2O3/c1-16(7-11-5-9-2-3-10(11)4-9)8-12-6-13(14(17)18)15-19-12/h6,9-11H,2-5,7-8H2,1H3,(H,17,18). The van der Waals surface area contributed by atoms with Crippen molar-refractivity contribution in [2.45, 2.75) is 32.2 Å². The Hall–Kier alpha value is -1.36. The van der Waals surface area contributed by atoms with Crippen LogP contribution in [0.5, 0.6) is 0 Å². The van der Waals surface area contributed by atoms with Crippen LogP contribution in [0.15, 0.2) is 10.6 Å². The van der Waals surface area contributed by atoms with E-state index in [1.165, 1.54) is 31.7 Å². The number of carbonyl (C=O) groups is 1. The molecule has 0 aliphatic heterocycles. The summed E-state index contributed by atoms with van der Waals surface area (Å²) >= 11 is 0. The van der Waals surface area contributed by atoms with Crippen LogP contribution in [0, 0.1) is 17.8 Å². The molecule has 2 aliphatic carbocycles. The molecular weight excluding hydrogens is 244 g/mol. The number of rotatable bonds is 5. The second-order valence-corrected chi connectivity index (χ2v) is 6.12. The van der Waals surface area contributed by atoms with Crippen LogP contribution in [0.2, 0.25) is 0 Å². The monoisotopic (exact) mass is 264 g/mol. The maximum absolute atomic E-state index is 10.7. The van der Waals surface area contributed by atoms with Gasteiger partial charge in [0, 0.05) is 12.6 Å². The zero-order valence-electron chi connectivity index (χ0n) is 11.2. The average Bonchev–Trinajstić information content (AvgIpc) is 3.03. The van der Waals surface area contributed by atoms with E-state index in [0.717, 1.165) is 24.3 Å². The molecule has 0 radical (unpaired) electrons. The summed E-state index contributed by atoms with van der Waals surface area (Å²) in [5, 5.41) is 12.3. The second kappa shape index (κ2) is 4.96. The Morgan fingerprint density at radius 1 is 1.53 bits per heavy atom. The highest BCUT2D eigenvalue weighted by atomic mass is 16.5. The van der Waals surface area contributed by atoms with Gasteiger partial charge in [-0.2, -0.15) is 0 Å². The number of hydrogen-bond donors (Lipinski definition) is 1. The van der Waals surface area contributed by atoms with Gasteiger partial charge in [0.15, 0.2) is 11.5 Å². The minimum absolute atomic E-state index is 0.0108. The first-order chi connectivity index (χ1) is 9.11. The van der Waals surface area contributed by atoms with Crippen LogP contribution in [-0.2, 0) is 6.54 Å². The Morgan fingerprint density at radius 2 is 2.37 bits per heavy atom. The SMILES string of the molecule is CN(Cc1cc(C(=O)O)no1)CC1CC2CCC1C2. The van der Waals surface area contributed by atoms with Crippen LogP contribution in [0.1, 0.15) is 41.9 Å². The van der Waals surface area contributed by atoms with Gasteiger partial charge in [-0.1, -0.05) is 11.6 Å². The quantitative estimate of drug-likeness (QED) is 0.883. The second-order valence-electron chi connectivity index (χ2n) is 6.12. The van der Waals surface area contributed by atoms with Gasteiger partial charge in [-0.25, -0.2) is 4.79 Å². The lowest BCUT2D eigenvalue weighted by Gasteiger charge is -2.26. The van der Waals surface area contributed by atoms with Crippen LogP contribution >= 0.6 is 0 Å². The highest BCUT2D eigenvalue weighted by Gasteiger charge is 2.39. The number of fused-ring (bicyclic) bond motifs is 2. The van der Waals surface area contributed by atoms with Crippen LogP contribution < -0.4 is 0 Å². The summed E-state index contributed by atoms with van der Waals surface area (Å²) in [7, 11) is 2.06. The Kier molecular flexibility index (Phi) is 3.31. The molecule has 2 bridgehead atoms. The molecule has 1 heterocycles. The van der Waals surface area contributed by atoms with Crippen LogP contribution in [-0.4, -0.2) is 34.7 Å². The zero-order chi connectivity index (χ0) is 13.4. The molecule has 1 N–H and O–H groups in total. The number of aromatic carboxylic acids is 1. The molecule has 3 unspecified atom stereocenters. The predicted octanol–water partition coefficient (Wildman–Crippen LogP) is 2.24. The molecule has 19 heavy (non-hydrogen) atoms. The van der Waals surface area contributed by atoms with Gasteiger partial charge >= 0.3 is 5.97 Å². The fraction of sp³-hybridized carbons (Fsp3) is 0.714. The van der Waals surface area contributed by atoms with E-state index < -0.39 is 5.97 Å². The molecule has 1 aromatic rings. The molecule has 2 fully saturated rings. The molecule has 3 atom stereocenters. The maximum Gasteiger partial charge on any atom is 0.358 e. The summed E-state index contributed by atoms with van der Waals surface area (Å²) < 4.78 is 5.05. The molecule has 1 aromatic heterocycles. The molecule has 5 nitrogen and oxygen atoms in total. The lowest BCUT2D eigenvalue weighted by Crippen LogP contribution is -2.28. The fourth-order valence-corrected chi connectivity index (χ4v) is 3.82. The molecule has 2 saturated carbocycles. The van der Waals surface area contributed by atoms with E-state index in [0.29, 0.717) is 12.3 Å². The summed E-state index contributed by atoms with van der Waals surface area (Å²) in [4.78, 5) is 12.9. The number of carboxylic acid groups (broad SMARTS) is 1. The summed E-state index contributed by atoms with van der Waals surface area (Å²) in [6.07, 6.45) is 5.61. The summed E-state index contributed by atoms with van der Waals surface area (Å²) in [6.45, 7) is 1.71. The van der Waals surface area contributed by atoms with E-state index in [9.17, 15) is 4.79 Å². The summed E-state index contributed by atoms with van der Waals surface area (Å²) in [5.41, 5.74) is -0.0108. The van der Waals surface area contributed by atoms with E-state index in [4.69, 9.17) is 9.63 Å². The Morgan fingerprint density at radius 3 is 2.95 bits per heavy atom. The zero-order valence-corrected chi connectivity index (χ0v) is 11.2. The molecule has 3 rings (SSSR count). The van der Waals surface area contributed by atoms with Crippen molar-refractivity contribution in [3.8, 4) is 0 Å². The predicted molar refractivity (Wildman–Crippen MR) is 68.7 cm³/mol. The minimum Gasteiger partial charge on any atom is -0.476 e. The van der Waals surface area contributed by atoms with Crippen molar-refractivity contribution in [3.63, 3.8) is 0 Å². The van der Waals surface area contributed by atoms with Crippen molar-refractivity contribution in [1.29, 1.82) is 0 Å². The largest absolute Gasteiger partial charge is 0.476 e. The number of aromatic nitrogens is 1. The van der Waals surface area contributed by atoms with E-state index in [1.807, 2.05) is 0 Å². The van der Waals surface area contributed by atoms with Gasteiger partial charge in [-0.3, -0.25) is 4.90 Å². The average molecular weight is 264 g/mol. The molecule has 0 spiro atoms. The summed E-state index contributed by atoms with van der Waals surface area (Å²) in [5.74, 6) is 2.28. The molecule has 0 saturated heterocycles. The molecule has 2 aliphatic rings. The number of hydrogen-bond acceptors (Lipinski definition) is 4. The van der Waals surface area contributed by atoms with Gasteiger partial charge in [-0.15, -0.1) is 0 Å². The highest BCUT2D eigenvalue weighted by Crippen LogP contribution is 2.48. The van der Waals surface area contributed by atoms with E-state index >= 15 is 0 Å². The van der Waals surface area contributed by atoms with Crippen LogP contribution in [0.25, 0.3) is 0 Å². The third-order valence-corrected chi connectivity index (χ3v) is 4.63. The molecule has 0 amide bonds. The van der Waals surface area contributed by atoms with Gasteiger partial charge in [0.05, 0.1) is 6.54 Å². The normalized spacial score (nSPS) is 29.3. The minimum atomic E-state index is -1.04. The van der Waals surface area contributed by atoms with Crippen molar-refractivity contribution in [2.75, 3.05) is 13.6 Å². The lowest BCUT2D eigenvalue weighted by atomic mass is 9.88. The molecular formula is C14H20N2O3. The highest BCUT2D eigenvalue weighted by molar-refractivity contribution is 5.85. The maximum atomic E-state index is 10.7. The van der Waals surface area contributed by atoms with Gasteiger partial charge in [0.25, 0.3) is 0 Å². The van der Waals surface area contributed by atoms with Crippen LogP contribution in [0.4, 0.5) is 0 Å². The van der Waals surface area contributed by atoms with Gasteiger partial charge in [0.2, 0.25) is 0 Å². The first-order valence-electron chi connectivity index (χ1n) is 6.99. The number of nitrogens with zero attached hydrogens (tertiary/aromatic N) is 2. The van der Waals surface area contributed by atoms with Crippen molar-refractivity contribution >= 4 is 5.97 Å². The van der Waals surface area contributed by atoms with Crippen molar-refractivity contribution in [1.82, 2.24) is 10.1 Å². The van der Waals surface area contributed by atoms with E-state index in [2.05, 4.69) is 17.1 Å².